The van der Waals surface area contributed by atoms with Crippen LogP contribution in [-0.4, -0.2) is 60.0 Å². The summed E-state index contributed by atoms with van der Waals surface area (Å²) in [6.07, 6.45) is 0.0320. The van der Waals surface area contributed by atoms with Gasteiger partial charge in [-0.1, -0.05) is 12.1 Å². The van der Waals surface area contributed by atoms with Crippen LogP contribution in [0.1, 0.15) is 26.3 Å². The molecule has 7 heteroatoms. The standard InChI is InChI=1S/C19H25NO5S/c1-4-24-15-7-5-14(6-8-15)16-17(26-12-10-21)19(23)20(18(16)22)9-11-25-13(2)3/h5-8,13,21H,4,9-12H2,1-3H3. The van der Waals surface area contributed by atoms with Gasteiger partial charge in [0, 0.05) is 5.75 Å². The van der Waals surface area contributed by atoms with E-state index < -0.39 is 0 Å². The molecule has 26 heavy (non-hydrogen) atoms. The Hall–Kier alpha value is -1.83. The van der Waals surface area contributed by atoms with Gasteiger partial charge < -0.3 is 14.6 Å². The largest absolute Gasteiger partial charge is 0.494 e. The number of hydrogen-bond acceptors (Lipinski definition) is 6. The Bertz CT molecular complexity index is 669. The molecular weight excluding hydrogens is 354 g/mol. The number of hydrogen-bond donors (Lipinski definition) is 1. The predicted molar refractivity (Wildman–Crippen MR) is 102 cm³/mol. The van der Waals surface area contributed by atoms with E-state index in [9.17, 15) is 9.59 Å². The molecule has 0 aliphatic carbocycles. The SMILES string of the molecule is CCOc1ccc(C2=C(SCCO)C(=O)N(CCOC(C)C)C2=O)cc1. The Labute approximate surface area is 158 Å². The van der Waals surface area contributed by atoms with Crippen molar-refractivity contribution in [1.29, 1.82) is 0 Å². The van der Waals surface area contributed by atoms with Gasteiger partial charge in [0.2, 0.25) is 0 Å². The highest BCUT2D eigenvalue weighted by Gasteiger charge is 2.38. The summed E-state index contributed by atoms with van der Waals surface area (Å²) in [5.41, 5.74) is 1.04. The molecule has 142 valence electrons. The van der Waals surface area contributed by atoms with Crippen molar-refractivity contribution in [3.63, 3.8) is 0 Å². The smallest absolute Gasteiger partial charge is 0.268 e. The van der Waals surface area contributed by atoms with Crippen LogP contribution >= 0.6 is 11.8 Å². The fourth-order valence-corrected chi connectivity index (χ4v) is 3.44. The minimum atomic E-state index is -0.329. The molecule has 0 atom stereocenters. The summed E-state index contributed by atoms with van der Waals surface area (Å²) in [6, 6.07) is 7.11. The molecule has 2 rings (SSSR count). The first kappa shape index (κ1) is 20.5. The van der Waals surface area contributed by atoms with Gasteiger partial charge in [0.25, 0.3) is 11.8 Å². The first-order chi connectivity index (χ1) is 12.5. The van der Waals surface area contributed by atoms with Crippen molar-refractivity contribution < 1.29 is 24.2 Å². The van der Waals surface area contributed by atoms with Gasteiger partial charge in [0.05, 0.1) is 42.9 Å². The molecule has 1 N–H and O–H groups in total. The van der Waals surface area contributed by atoms with Crippen LogP contribution in [0.15, 0.2) is 29.2 Å². The van der Waals surface area contributed by atoms with Crippen molar-refractivity contribution in [3.8, 4) is 5.75 Å². The number of carbonyl (C=O) groups excluding carboxylic acids is 2. The number of thioether (sulfide) groups is 1. The van der Waals surface area contributed by atoms with Crippen molar-refractivity contribution in [2.24, 2.45) is 0 Å². The Balaban J connectivity index is 2.26. The van der Waals surface area contributed by atoms with Gasteiger partial charge in [-0.3, -0.25) is 14.5 Å². The van der Waals surface area contributed by atoms with E-state index in [2.05, 4.69) is 0 Å². The zero-order valence-corrected chi connectivity index (χ0v) is 16.2. The number of carbonyl (C=O) groups is 2. The van der Waals surface area contributed by atoms with E-state index in [0.29, 0.717) is 40.8 Å². The minimum Gasteiger partial charge on any atom is -0.494 e. The number of aliphatic hydroxyl groups is 1. The first-order valence-corrected chi connectivity index (χ1v) is 9.67. The molecule has 2 amide bonds. The average Bonchev–Trinajstić information content (AvgIpc) is 2.85. The number of amides is 2. The number of imide groups is 1. The summed E-state index contributed by atoms with van der Waals surface area (Å²) in [6.45, 7) is 6.70. The molecule has 0 unspecified atom stereocenters. The van der Waals surface area contributed by atoms with E-state index in [1.807, 2.05) is 20.8 Å². The van der Waals surface area contributed by atoms with E-state index in [4.69, 9.17) is 14.6 Å². The lowest BCUT2D eigenvalue weighted by atomic mass is 10.1. The molecule has 0 saturated heterocycles. The Morgan fingerprint density at radius 3 is 2.42 bits per heavy atom. The van der Waals surface area contributed by atoms with Crippen LogP contribution in [0.3, 0.4) is 0 Å². The van der Waals surface area contributed by atoms with Crippen LogP contribution in [0.2, 0.25) is 0 Å². The third kappa shape index (κ3) is 4.87. The van der Waals surface area contributed by atoms with E-state index in [1.54, 1.807) is 24.3 Å². The van der Waals surface area contributed by atoms with Crippen molar-refractivity contribution in [3.05, 3.63) is 34.7 Å². The van der Waals surface area contributed by atoms with Gasteiger partial charge in [-0.25, -0.2) is 0 Å². The number of nitrogens with zero attached hydrogens (tertiary/aromatic N) is 1. The summed E-state index contributed by atoms with van der Waals surface area (Å²) in [5.74, 6) is 0.405. The lowest BCUT2D eigenvalue weighted by Crippen LogP contribution is -2.35. The third-order valence-corrected chi connectivity index (χ3v) is 4.74. The van der Waals surface area contributed by atoms with Gasteiger partial charge in [0.1, 0.15) is 5.75 Å². The summed E-state index contributed by atoms with van der Waals surface area (Å²) in [5, 5.41) is 9.11. The Morgan fingerprint density at radius 2 is 1.85 bits per heavy atom. The van der Waals surface area contributed by atoms with Crippen LogP contribution in [0.25, 0.3) is 5.57 Å². The third-order valence-electron chi connectivity index (χ3n) is 3.68. The Morgan fingerprint density at radius 1 is 1.15 bits per heavy atom. The van der Waals surface area contributed by atoms with Crippen LogP contribution in [-0.2, 0) is 14.3 Å². The fourth-order valence-electron chi connectivity index (χ4n) is 2.56. The zero-order chi connectivity index (χ0) is 19.1. The normalized spacial score (nSPS) is 14.7. The number of rotatable bonds is 10. The molecule has 1 aromatic rings. The molecule has 0 bridgehead atoms. The van der Waals surface area contributed by atoms with Gasteiger partial charge in [-0.05, 0) is 38.5 Å². The zero-order valence-electron chi connectivity index (χ0n) is 15.4. The van der Waals surface area contributed by atoms with E-state index in [0.717, 1.165) is 0 Å². The topological polar surface area (TPSA) is 76.1 Å². The molecule has 0 fully saturated rings. The molecule has 0 radical (unpaired) electrons. The number of aliphatic hydroxyl groups excluding tert-OH is 1. The predicted octanol–water partition coefficient (Wildman–Crippen LogP) is 2.32. The Kier molecular flexibility index (Phi) is 7.68. The lowest BCUT2D eigenvalue weighted by Gasteiger charge is -2.16. The highest BCUT2D eigenvalue weighted by Crippen LogP contribution is 2.36. The second-order valence-electron chi connectivity index (χ2n) is 5.92. The van der Waals surface area contributed by atoms with Gasteiger partial charge in [0.15, 0.2) is 0 Å². The first-order valence-electron chi connectivity index (χ1n) is 8.68. The van der Waals surface area contributed by atoms with Crippen LogP contribution < -0.4 is 4.74 Å². The van der Waals surface area contributed by atoms with Crippen molar-refractivity contribution in [1.82, 2.24) is 4.90 Å². The van der Waals surface area contributed by atoms with Crippen LogP contribution in [0.4, 0.5) is 0 Å². The average molecular weight is 379 g/mol. The monoisotopic (exact) mass is 379 g/mol. The lowest BCUT2D eigenvalue weighted by molar-refractivity contribution is -0.137. The maximum absolute atomic E-state index is 12.9. The summed E-state index contributed by atoms with van der Waals surface area (Å²) in [7, 11) is 0. The summed E-state index contributed by atoms with van der Waals surface area (Å²) >= 11 is 1.20. The van der Waals surface area contributed by atoms with Gasteiger partial charge in [-0.15, -0.1) is 11.8 Å². The van der Waals surface area contributed by atoms with E-state index in [1.165, 1.54) is 16.7 Å². The maximum Gasteiger partial charge on any atom is 0.268 e. The second-order valence-corrected chi connectivity index (χ2v) is 7.02. The van der Waals surface area contributed by atoms with Crippen LogP contribution in [0.5, 0.6) is 5.75 Å². The quantitative estimate of drug-likeness (QED) is 0.629. The molecule has 0 spiro atoms. The van der Waals surface area contributed by atoms with Crippen molar-refractivity contribution >= 4 is 29.1 Å². The van der Waals surface area contributed by atoms with Gasteiger partial charge in [-0.2, -0.15) is 0 Å². The molecule has 6 nitrogen and oxygen atoms in total. The summed E-state index contributed by atoms with van der Waals surface area (Å²) in [4.78, 5) is 27.2. The van der Waals surface area contributed by atoms with Crippen molar-refractivity contribution in [2.45, 2.75) is 26.9 Å². The van der Waals surface area contributed by atoms with Gasteiger partial charge >= 0.3 is 0 Å². The number of ether oxygens (including phenoxy) is 2. The van der Waals surface area contributed by atoms with Crippen molar-refractivity contribution in [2.75, 3.05) is 32.1 Å². The minimum absolute atomic E-state index is 0.0320. The molecule has 1 aromatic carbocycles. The fraction of sp³-hybridized carbons (Fsp3) is 0.474. The van der Waals surface area contributed by atoms with E-state index in [-0.39, 0.29) is 31.1 Å². The highest BCUT2D eigenvalue weighted by atomic mass is 32.2. The maximum atomic E-state index is 12.9. The molecule has 1 aliphatic rings. The molecule has 1 aliphatic heterocycles. The molecule has 0 aromatic heterocycles. The summed E-state index contributed by atoms with van der Waals surface area (Å²) < 4.78 is 10.9. The van der Waals surface area contributed by atoms with E-state index >= 15 is 0 Å². The van der Waals surface area contributed by atoms with Crippen LogP contribution in [0, 0.1) is 0 Å². The molecular formula is C19H25NO5S. The molecule has 1 heterocycles. The highest BCUT2D eigenvalue weighted by molar-refractivity contribution is 8.04. The molecule has 0 saturated carbocycles. The second kappa shape index (κ2) is 9.75. The number of benzene rings is 1.